The molecule has 4 saturated carbocycles. The first-order valence-electron chi connectivity index (χ1n) is 20.6. The van der Waals surface area contributed by atoms with Crippen LogP contribution in [0.2, 0.25) is 0 Å². The average Bonchev–Trinajstić information content (AvgIpc) is 3.51. The average molecular weight is 803 g/mol. The molecule has 21 atom stereocenters. The quantitative estimate of drug-likeness (QED) is 0.0802. The third-order valence-corrected chi connectivity index (χ3v) is 16.5. The van der Waals surface area contributed by atoms with Crippen LogP contribution in [0.5, 0.6) is 0 Å². The second kappa shape index (κ2) is 15.9. The zero-order valence-corrected chi connectivity index (χ0v) is 34.1. The molecule has 2 heterocycles. The molecule has 2 saturated heterocycles. The number of aliphatic hydroxyl groups is 9. The van der Waals surface area contributed by atoms with Crippen molar-refractivity contribution in [1.82, 2.24) is 0 Å². The van der Waals surface area contributed by atoms with Crippen molar-refractivity contribution in [1.29, 1.82) is 0 Å². The second-order valence-electron chi connectivity index (χ2n) is 20.0. The third kappa shape index (κ3) is 7.15. The highest BCUT2D eigenvalue weighted by Gasteiger charge is 2.73. The zero-order chi connectivity index (χ0) is 41.5. The predicted octanol–water partition coefficient (Wildman–Crippen LogP) is 1.23. The molecule has 0 amide bonds. The summed E-state index contributed by atoms with van der Waals surface area (Å²) < 4.78 is 23.9. The number of ether oxygens (including phenoxy) is 4. The van der Waals surface area contributed by atoms with E-state index in [-0.39, 0.29) is 48.5 Å². The molecule has 0 aromatic carbocycles. The summed E-state index contributed by atoms with van der Waals surface area (Å²) in [6, 6.07) is 0. The number of hydrogen-bond donors (Lipinski definition) is 10. The van der Waals surface area contributed by atoms with Crippen molar-refractivity contribution in [3.8, 4) is 0 Å². The smallest absolute Gasteiger partial charge is 0.187 e. The maximum absolute atomic E-state index is 12.4. The standard InChI is InChI=1S/C41H70O15/c1-19(2)24(56-51)10-14-41(8,55-36-33(50)31(48)30(47)25(54-36)18-53-35-32(49)29(46)23(44)17-52-35)20-9-13-39(6)28(20)21(42)15-26-38(5)12-11-27(45)37(3,4)34(38)22(43)16-40(26,39)7/h20-36,42-51H,1,9-18H2,2-8H3/t20-,21+,22-,23-,24-,25+,26+,27-,28-,29-,30+,31-,32+,33+,34-,35-,36-,38+,39+,40+,41-/m0/s1. The lowest BCUT2D eigenvalue weighted by atomic mass is 9.34. The van der Waals surface area contributed by atoms with Gasteiger partial charge in [-0.15, -0.1) is 0 Å². The summed E-state index contributed by atoms with van der Waals surface area (Å²) >= 11 is 0. The summed E-state index contributed by atoms with van der Waals surface area (Å²) in [4.78, 5) is 4.79. The Bertz CT molecular complexity index is 1400. The van der Waals surface area contributed by atoms with Crippen LogP contribution >= 0.6 is 0 Å². The molecule has 6 rings (SSSR count). The van der Waals surface area contributed by atoms with Gasteiger partial charge in [-0.1, -0.05) is 41.2 Å². The lowest BCUT2D eigenvalue weighted by Crippen LogP contribution is -2.70. The lowest BCUT2D eigenvalue weighted by Gasteiger charge is -2.71. The molecule has 0 unspecified atom stereocenters. The summed E-state index contributed by atoms with van der Waals surface area (Å²) in [5.41, 5.74) is -2.32. The van der Waals surface area contributed by atoms with Crippen molar-refractivity contribution in [2.75, 3.05) is 13.2 Å². The molecule has 0 aromatic rings. The van der Waals surface area contributed by atoms with E-state index in [1.807, 2.05) is 6.92 Å². The topological polar surface area (TPSA) is 248 Å². The van der Waals surface area contributed by atoms with E-state index in [1.165, 1.54) is 0 Å². The molecule has 15 nitrogen and oxygen atoms in total. The highest BCUT2D eigenvalue weighted by atomic mass is 17.1. The zero-order valence-electron chi connectivity index (χ0n) is 34.1. The fourth-order valence-corrected chi connectivity index (χ4v) is 13.3. The van der Waals surface area contributed by atoms with Gasteiger partial charge in [0.25, 0.3) is 0 Å². The maximum Gasteiger partial charge on any atom is 0.187 e. The fourth-order valence-electron chi connectivity index (χ4n) is 13.3. The van der Waals surface area contributed by atoms with Gasteiger partial charge in [-0.3, -0.25) is 5.26 Å². The van der Waals surface area contributed by atoms with Crippen molar-refractivity contribution in [3.05, 3.63) is 12.2 Å². The van der Waals surface area contributed by atoms with Gasteiger partial charge < -0.3 is 64.9 Å². The van der Waals surface area contributed by atoms with Crippen LogP contribution in [0.15, 0.2) is 12.2 Å². The molecule has 56 heavy (non-hydrogen) atoms. The van der Waals surface area contributed by atoms with Crippen molar-refractivity contribution >= 4 is 0 Å². The molecule has 0 bridgehead atoms. The molecule has 2 aliphatic heterocycles. The van der Waals surface area contributed by atoms with Gasteiger partial charge in [-0.25, -0.2) is 4.89 Å². The van der Waals surface area contributed by atoms with E-state index >= 15 is 0 Å². The van der Waals surface area contributed by atoms with E-state index in [4.69, 9.17) is 23.8 Å². The van der Waals surface area contributed by atoms with Gasteiger partial charge in [0, 0.05) is 0 Å². The second-order valence-corrected chi connectivity index (χ2v) is 20.0. The van der Waals surface area contributed by atoms with Crippen molar-refractivity contribution < 1.29 is 75.1 Å². The van der Waals surface area contributed by atoms with Gasteiger partial charge in [0.05, 0.1) is 37.1 Å². The van der Waals surface area contributed by atoms with Crippen LogP contribution in [0, 0.1) is 45.3 Å². The molecular formula is C41H70O15. The molecule has 15 heteroatoms. The number of rotatable bonds is 11. The first-order valence-corrected chi connectivity index (χ1v) is 20.6. The lowest BCUT2D eigenvalue weighted by molar-refractivity contribution is -0.347. The van der Waals surface area contributed by atoms with E-state index in [1.54, 1.807) is 6.92 Å². The van der Waals surface area contributed by atoms with Gasteiger partial charge >= 0.3 is 0 Å². The normalized spacial score (nSPS) is 51.9. The molecule has 0 radical (unpaired) electrons. The first kappa shape index (κ1) is 44.7. The molecule has 0 aromatic heterocycles. The fraction of sp³-hybridized carbons (Fsp3) is 0.951. The molecule has 6 aliphatic rings. The minimum Gasteiger partial charge on any atom is -0.393 e. The van der Waals surface area contributed by atoms with Crippen LogP contribution in [-0.4, -0.2) is 150 Å². The summed E-state index contributed by atoms with van der Waals surface area (Å²) in [5.74, 6) is -0.764. The van der Waals surface area contributed by atoms with Gasteiger partial charge in [0.1, 0.15) is 48.8 Å². The third-order valence-electron chi connectivity index (χ3n) is 16.5. The van der Waals surface area contributed by atoms with Crippen molar-refractivity contribution in [2.24, 2.45) is 45.3 Å². The van der Waals surface area contributed by atoms with Crippen LogP contribution in [0.25, 0.3) is 0 Å². The van der Waals surface area contributed by atoms with Crippen LogP contribution in [0.4, 0.5) is 0 Å². The van der Waals surface area contributed by atoms with Crippen LogP contribution in [0.3, 0.4) is 0 Å². The molecule has 4 aliphatic carbocycles. The summed E-state index contributed by atoms with van der Waals surface area (Å²) in [6.07, 6.45) is -12.2. The van der Waals surface area contributed by atoms with E-state index < -0.39 is 108 Å². The Morgan fingerprint density at radius 3 is 2.12 bits per heavy atom. The Labute approximate surface area is 330 Å². The van der Waals surface area contributed by atoms with Gasteiger partial charge in [-0.05, 0) is 116 Å². The molecular weight excluding hydrogens is 732 g/mol. The minimum atomic E-state index is -1.73. The van der Waals surface area contributed by atoms with E-state index in [0.29, 0.717) is 37.7 Å². The Hall–Kier alpha value is -0.860. The molecule has 10 N–H and O–H groups in total. The van der Waals surface area contributed by atoms with Crippen molar-refractivity contribution in [2.45, 2.75) is 185 Å². The highest BCUT2D eigenvalue weighted by molar-refractivity contribution is 5.22. The molecule has 6 fully saturated rings. The summed E-state index contributed by atoms with van der Waals surface area (Å²) in [5, 5.41) is 109. The van der Waals surface area contributed by atoms with E-state index in [0.717, 1.165) is 6.42 Å². The summed E-state index contributed by atoms with van der Waals surface area (Å²) in [6.45, 7) is 17.6. The van der Waals surface area contributed by atoms with Crippen LogP contribution < -0.4 is 0 Å². The van der Waals surface area contributed by atoms with E-state index in [9.17, 15) is 51.2 Å². The van der Waals surface area contributed by atoms with Crippen LogP contribution in [0.1, 0.15) is 99.8 Å². The predicted molar refractivity (Wildman–Crippen MR) is 199 cm³/mol. The number of fused-ring (bicyclic) bond motifs is 5. The minimum absolute atomic E-state index is 0.0601. The van der Waals surface area contributed by atoms with Crippen LogP contribution in [-0.2, 0) is 23.8 Å². The SMILES string of the molecule is C=C(C)[C@H](CC[C@](C)(O[C@@H]1O[C@H](CO[C@@H]2OC[C@H](O)[C@H](O)[C@H]2O)[C@@H](O)[C@H](O)[C@H]1O)[C@H]1CC[C@]2(C)[C@@H]1[C@H](O)C[C@@H]1[C@@]3(C)CC[C@H](O)C(C)(C)[C@@H]3[C@@H](O)C[C@]12C)OO. The highest BCUT2D eigenvalue weighted by Crippen LogP contribution is 2.76. The maximum atomic E-state index is 12.4. The largest absolute Gasteiger partial charge is 0.393 e. The van der Waals surface area contributed by atoms with E-state index in [2.05, 4.69) is 41.2 Å². The Kier molecular flexibility index (Phi) is 12.7. The first-order chi connectivity index (χ1) is 26.0. The Balaban J connectivity index is 1.29. The number of aliphatic hydroxyl groups excluding tert-OH is 9. The van der Waals surface area contributed by atoms with Gasteiger partial charge in [0.15, 0.2) is 12.6 Å². The molecule has 324 valence electrons. The monoisotopic (exact) mass is 802 g/mol. The van der Waals surface area contributed by atoms with Gasteiger partial charge in [-0.2, -0.15) is 0 Å². The summed E-state index contributed by atoms with van der Waals surface area (Å²) in [7, 11) is 0. The Morgan fingerprint density at radius 1 is 0.821 bits per heavy atom. The number of hydrogen-bond acceptors (Lipinski definition) is 15. The Morgan fingerprint density at radius 2 is 1.48 bits per heavy atom. The van der Waals surface area contributed by atoms with Gasteiger partial charge in [0.2, 0.25) is 0 Å². The molecule has 0 spiro atoms. The van der Waals surface area contributed by atoms with Crippen molar-refractivity contribution in [3.63, 3.8) is 0 Å².